The maximum atomic E-state index is 13.4. The van der Waals surface area contributed by atoms with E-state index in [9.17, 15) is 9.59 Å². The summed E-state index contributed by atoms with van der Waals surface area (Å²) in [6, 6.07) is 20.6. The molecule has 49 heavy (non-hydrogen) atoms. The van der Waals surface area contributed by atoms with Crippen LogP contribution in [0, 0.1) is 18.3 Å². The number of aromatic nitrogens is 3. The van der Waals surface area contributed by atoms with E-state index in [1.54, 1.807) is 24.3 Å². The molecule has 3 aromatic heterocycles. The zero-order valence-corrected chi connectivity index (χ0v) is 27.9. The number of rotatable bonds is 13. The molecule has 0 bridgehead atoms. The lowest BCUT2D eigenvalue weighted by Gasteiger charge is -2.13. The van der Waals surface area contributed by atoms with Gasteiger partial charge < -0.3 is 36.3 Å². The topological polar surface area (TPSA) is 177 Å². The third-order valence-electron chi connectivity index (χ3n) is 6.99. The molecule has 0 aliphatic carbocycles. The molecule has 3 heterocycles. The van der Waals surface area contributed by atoms with Gasteiger partial charge in [-0.15, -0.1) is 6.42 Å². The Balaban J connectivity index is 0.00000101. The van der Waals surface area contributed by atoms with Crippen LogP contribution in [0.25, 0.3) is 21.8 Å². The van der Waals surface area contributed by atoms with Gasteiger partial charge in [0.2, 0.25) is 0 Å². The van der Waals surface area contributed by atoms with E-state index in [1.165, 1.54) is 18.6 Å². The molecule has 0 spiro atoms. The lowest BCUT2D eigenvalue weighted by atomic mass is 10.2. The molecule has 5 rings (SSSR count). The molecule has 0 saturated carbocycles. The highest BCUT2D eigenvalue weighted by molar-refractivity contribution is 6.07. The van der Waals surface area contributed by atoms with Gasteiger partial charge in [0.1, 0.15) is 60.1 Å². The second-order valence-electron chi connectivity index (χ2n) is 11.1. The zero-order chi connectivity index (χ0) is 35.2. The molecule has 0 unspecified atom stereocenters. The summed E-state index contributed by atoms with van der Waals surface area (Å²) in [5.41, 5.74) is 12.2. The Morgan fingerprint density at radius 1 is 0.755 bits per heavy atom. The number of nitrogens with two attached hydrogens (primary N) is 2. The van der Waals surface area contributed by atoms with Crippen molar-refractivity contribution >= 4 is 45.3 Å². The number of pyridine rings is 3. The first-order valence-electron chi connectivity index (χ1n) is 15.9. The Bertz CT molecular complexity index is 1820. The molecule has 12 heteroatoms. The van der Waals surface area contributed by atoms with E-state index in [0.717, 1.165) is 16.7 Å². The highest BCUT2D eigenvalue weighted by atomic mass is 16.5. The maximum absolute atomic E-state index is 13.4. The normalized spacial score (nSPS) is 10.6. The van der Waals surface area contributed by atoms with Gasteiger partial charge in [0, 0.05) is 48.1 Å². The molecule has 0 radical (unpaired) electrons. The maximum Gasteiger partial charge on any atom is 0.275 e. The monoisotopic (exact) mass is 663 g/mol. The second kappa shape index (κ2) is 18.0. The molecule has 2 amide bonds. The van der Waals surface area contributed by atoms with E-state index in [2.05, 4.69) is 52.3 Å². The van der Waals surface area contributed by atoms with Crippen molar-refractivity contribution in [2.75, 3.05) is 43.5 Å². The van der Waals surface area contributed by atoms with Gasteiger partial charge in [0.05, 0.1) is 11.0 Å². The van der Waals surface area contributed by atoms with Crippen LogP contribution in [0.15, 0.2) is 72.8 Å². The van der Waals surface area contributed by atoms with Crippen molar-refractivity contribution in [3.05, 3.63) is 84.2 Å². The fourth-order valence-corrected chi connectivity index (χ4v) is 4.30. The van der Waals surface area contributed by atoms with Crippen LogP contribution in [-0.4, -0.2) is 59.7 Å². The van der Waals surface area contributed by atoms with Gasteiger partial charge in [-0.1, -0.05) is 57.4 Å². The van der Waals surface area contributed by atoms with Crippen LogP contribution in [0.5, 0.6) is 17.2 Å². The van der Waals surface area contributed by atoms with Crippen molar-refractivity contribution in [1.82, 2.24) is 15.0 Å². The molecule has 0 aliphatic heterocycles. The summed E-state index contributed by atoms with van der Waals surface area (Å²) in [5, 5.41) is 6.97. The number of carbonyl (C=O) groups excluding carboxylic acids is 2. The van der Waals surface area contributed by atoms with Gasteiger partial charge in [-0.25, -0.2) is 15.0 Å². The number of para-hydroxylation sites is 2. The molecule has 0 atom stereocenters. The van der Waals surface area contributed by atoms with E-state index in [4.69, 9.17) is 32.1 Å². The zero-order valence-electron chi connectivity index (χ0n) is 27.9. The smallest absolute Gasteiger partial charge is 0.275 e. The molecule has 5 aromatic rings. The average molecular weight is 664 g/mol. The number of hydrogen-bond acceptors (Lipinski definition) is 10. The predicted octanol–water partition coefficient (Wildman–Crippen LogP) is 5.42. The van der Waals surface area contributed by atoms with Crippen molar-refractivity contribution in [1.29, 1.82) is 0 Å². The van der Waals surface area contributed by atoms with Gasteiger partial charge in [-0.05, 0) is 30.2 Å². The van der Waals surface area contributed by atoms with Crippen LogP contribution in [0.3, 0.4) is 0 Å². The summed E-state index contributed by atoms with van der Waals surface area (Å²) in [6.45, 7) is 7.74. The Morgan fingerprint density at radius 2 is 1.20 bits per heavy atom. The largest absolute Gasteiger partial charge is 0.491 e. The molecule has 6 N–H and O–H groups in total. The van der Waals surface area contributed by atoms with E-state index in [1.807, 2.05) is 36.4 Å². The Labute approximate surface area is 285 Å². The lowest BCUT2D eigenvalue weighted by molar-refractivity contribution is 0.101. The molecule has 0 saturated heterocycles. The summed E-state index contributed by atoms with van der Waals surface area (Å²) in [5.74, 6) is 3.59. The highest BCUT2D eigenvalue weighted by Crippen LogP contribution is 2.29. The third-order valence-corrected chi connectivity index (χ3v) is 6.99. The number of nitrogens with zero attached hydrogens (tertiary/aromatic N) is 3. The number of benzene rings is 2. The van der Waals surface area contributed by atoms with Crippen molar-refractivity contribution in [2.24, 2.45) is 17.4 Å². The number of hydrogen-bond donors (Lipinski definition) is 4. The minimum Gasteiger partial charge on any atom is -0.491 e. The summed E-state index contributed by atoms with van der Waals surface area (Å²) in [4.78, 5) is 40.1. The minimum atomic E-state index is -0.640. The van der Waals surface area contributed by atoms with Gasteiger partial charge >= 0.3 is 0 Å². The first kappa shape index (κ1) is 36.1. The quantitative estimate of drug-likeness (QED) is 0.119. The number of ether oxygens (including phenoxy) is 3. The van der Waals surface area contributed by atoms with Crippen LogP contribution < -0.4 is 36.3 Å². The predicted molar refractivity (Wildman–Crippen MR) is 192 cm³/mol. The Kier molecular flexibility index (Phi) is 13.2. The number of terminal acetylenes is 1. The van der Waals surface area contributed by atoms with Gasteiger partial charge in [-0.3, -0.25) is 9.59 Å². The van der Waals surface area contributed by atoms with Crippen molar-refractivity contribution in [3.8, 4) is 29.6 Å². The molecular formula is C37H41N7O5. The molecule has 2 aromatic carbocycles. The highest BCUT2D eigenvalue weighted by Gasteiger charge is 2.19. The fraction of sp³-hybridized carbons (Fsp3) is 0.270. The summed E-state index contributed by atoms with van der Waals surface area (Å²) < 4.78 is 17.1. The van der Waals surface area contributed by atoms with Crippen LogP contribution in [0.4, 0.5) is 11.6 Å². The van der Waals surface area contributed by atoms with Crippen molar-refractivity contribution in [3.63, 3.8) is 0 Å². The second-order valence-corrected chi connectivity index (χ2v) is 11.1. The number of amides is 2. The average Bonchev–Trinajstić information content (AvgIpc) is 3.11. The van der Waals surface area contributed by atoms with E-state index in [-0.39, 0.29) is 48.6 Å². The van der Waals surface area contributed by atoms with E-state index >= 15 is 0 Å². The molecule has 12 nitrogen and oxygen atoms in total. The van der Waals surface area contributed by atoms with Crippen molar-refractivity contribution < 1.29 is 23.8 Å². The molecule has 0 fully saturated rings. The van der Waals surface area contributed by atoms with Crippen molar-refractivity contribution in [2.45, 2.75) is 27.2 Å². The van der Waals surface area contributed by atoms with Crippen LogP contribution in [0.1, 0.15) is 48.2 Å². The fourth-order valence-electron chi connectivity index (χ4n) is 4.30. The third kappa shape index (κ3) is 10.1. The molecular weight excluding hydrogens is 622 g/mol. The number of carbonyl (C=O) groups is 2. The summed E-state index contributed by atoms with van der Waals surface area (Å²) in [7, 11) is 0. The van der Waals surface area contributed by atoms with Gasteiger partial charge in [0.15, 0.2) is 0 Å². The standard InChI is InChI=1S/C32H29N7O5.C5H12/c1-2-13-42-20-16-25(31(40)38-29-18-27(43-14-11-33)21-7-3-5-9-23(21)36-29)35-26(17-20)32(41)39-30-19-28(44-15-12-34)22-8-4-6-10-24(22)37-30;1-4-5(2)3/h1,3-10,16-19H,11-15,33-34H2,(H,36,38,40)(H,37,39,41);5H,4H2,1-3H3. The number of anilines is 2. The van der Waals surface area contributed by atoms with Gasteiger partial charge in [0.25, 0.3) is 11.8 Å². The summed E-state index contributed by atoms with van der Waals surface area (Å²) >= 11 is 0. The van der Waals surface area contributed by atoms with E-state index < -0.39 is 11.8 Å². The Hall–Kier alpha value is -5.77. The molecule has 0 aliphatic rings. The minimum absolute atomic E-state index is 0.0890. The molecule has 254 valence electrons. The Morgan fingerprint density at radius 3 is 1.61 bits per heavy atom. The first-order valence-corrected chi connectivity index (χ1v) is 15.9. The number of fused-ring (bicyclic) bond motifs is 2. The van der Waals surface area contributed by atoms with Crippen LogP contribution >= 0.6 is 0 Å². The van der Waals surface area contributed by atoms with Crippen LogP contribution in [-0.2, 0) is 0 Å². The van der Waals surface area contributed by atoms with Gasteiger partial charge in [-0.2, -0.15) is 0 Å². The number of nitrogens with one attached hydrogen (secondary N) is 2. The summed E-state index contributed by atoms with van der Waals surface area (Å²) in [6.07, 6.45) is 6.67. The first-order chi connectivity index (χ1) is 23.8. The SMILES string of the molecule is C#CCOc1cc(C(=O)Nc2cc(OCCN)c3ccccc3n2)nc(C(=O)Nc2cc(OCCN)c3ccccc3n2)c1.CCC(C)C. The lowest BCUT2D eigenvalue weighted by Crippen LogP contribution is -2.20. The van der Waals surface area contributed by atoms with E-state index in [0.29, 0.717) is 35.6 Å². The van der Waals surface area contributed by atoms with Crippen LogP contribution in [0.2, 0.25) is 0 Å².